The number of aryl methyl sites for hydroxylation is 1. The third kappa shape index (κ3) is 3.08. The number of anilines is 1. The van der Waals surface area contributed by atoms with Gasteiger partial charge in [0.2, 0.25) is 5.95 Å². The second kappa shape index (κ2) is 5.07. The number of hydrogen-bond acceptors (Lipinski definition) is 5. The Morgan fingerprint density at radius 2 is 2.21 bits per heavy atom. The number of aromatic nitrogens is 3. The Kier molecular flexibility index (Phi) is 4.03. The van der Waals surface area contributed by atoms with E-state index in [0.29, 0.717) is 29.8 Å². The topological polar surface area (TPSA) is 70.9 Å². The molecule has 78 valence electrons. The number of nitrogens with zero attached hydrogens (tertiary/aromatic N) is 3. The van der Waals surface area contributed by atoms with E-state index in [1.165, 1.54) is 0 Å². The van der Waals surface area contributed by atoms with Gasteiger partial charge in [0.15, 0.2) is 5.15 Å². The molecule has 5 nitrogen and oxygen atoms in total. The molecule has 0 fully saturated rings. The number of halogens is 1. The van der Waals surface area contributed by atoms with Crippen LogP contribution in [0.1, 0.15) is 19.0 Å². The van der Waals surface area contributed by atoms with Crippen LogP contribution in [-0.2, 0) is 0 Å². The highest BCUT2D eigenvalue weighted by atomic mass is 35.5. The van der Waals surface area contributed by atoms with Crippen molar-refractivity contribution < 1.29 is 5.11 Å². The fourth-order valence-corrected chi connectivity index (χ4v) is 0.899. The van der Waals surface area contributed by atoms with Crippen molar-refractivity contribution in [3.63, 3.8) is 0 Å². The minimum atomic E-state index is -0.394. The van der Waals surface area contributed by atoms with Crippen molar-refractivity contribution in [2.45, 2.75) is 26.4 Å². The van der Waals surface area contributed by atoms with Crippen LogP contribution in [0.15, 0.2) is 0 Å². The Hall–Kier alpha value is -0.940. The molecule has 14 heavy (non-hydrogen) atoms. The molecule has 6 heteroatoms. The van der Waals surface area contributed by atoms with Crippen LogP contribution >= 0.6 is 11.6 Å². The first-order valence-electron chi connectivity index (χ1n) is 4.42. The Bertz CT molecular complexity index is 307. The van der Waals surface area contributed by atoms with E-state index in [4.69, 9.17) is 11.6 Å². The lowest BCUT2D eigenvalue weighted by atomic mass is 10.3. The van der Waals surface area contributed by atoms with Crippen molar-refractivity contribution in [3.8, 4) is 0 Å². The highest BCUT2D eigenvalue weighted by Gasteiger charge is 2.04. The molecular weight excluding hydrogens is 204 g/mol. The van der Waals surface area contributed by atoms with E-state index in [-0.39, 0.29) is 0 Å². The summed E-state index contributed by atoms with van der Waals surface area (Å²) in [5.74, 6) is 0.388. The van der Waals surface area contributed by atoms with E-state index in [2.05, 4.69) is 20.5 Å². The molecule has 0 spiro atoms. The lowest BCUT2D eigenvalue weighted by Gasteiger charge is -2.08. The summed E-state index contributed by atoms with van der Waals surface area (Å²) in [6.45, 7) is 4.07. The van der Waals surface area contributed by atoms with Gasteiger partial charge in [-0.1, -0.05) is 18.5 Å². The Balaban J connectivity index is 2.55. The van der Waals surface area contributed by atoms with Crippen molar-refractivity contribution >= 4 is 17.5 Å². The van der Waals surface area contributed by atoms with E-state index in [1.54, 1.807) is 6.92 Å². The molecule has 0 amide bonds. The largest absolute Gasteiger partial charge is 0.391 e. The molecule has 1 heterocycles. The molecule has 1 aromatic heterocycles. The summed E-state index contributed by atoms with van der Waals surface area (Å²) in [4.78, 5) is 4.05. The number of aliphatic hydroxyl groups is 1. The fraction of sp³-hybridized carbons (Fsp3) is 0.625. The molecule has 1 aromatic rings. The summed E-state index contributed by atoms with van der Waals surface area (Å²) in [5.41, 5.74) is 0.621. The molecule has 0 saturated heterocycles. The third-order valence-corrected chi connectivity index (χ3v) is 2.12. The van der Waals surface area contributed by atoms with Gasteiger partial charge in [-0.05, 0) is 13.3 Å². The quantitative estimate of drug-likeness (QED) is 0.786. The van der Waals surface area contributed by atoms with Crippen LogP contribution < -0.4 is 5.32 Å². The first-order valence-corrected chi connectivity index (χ1v) is 4.80. The first-order chi connectivity index (χ1) is 6.63. The van der Waals surface area contributed by atoms with Gasteiger partial charge in [0.25, 0.3) is 0 Å². The van der Waals surface area contributed by atoms with Gasteiger partial charge in [-0.25, -0.2) is 4.98 Å². The summed E-state index contributed by atoms with van der Waals surface area (Å²) in [6.07, 6.45) is 0.294. The van der Waals surface area contributed by atoms with Crippen molar-refractivity contribution in [1.82, 2.24) is 15.2 Å². The van der Waals surface area contributed by atoms with E-state index >= 15 is 0 Å². The van der Waals surface area contributed by atoms with E-state index in [9.17, 15) is 5.11 Å². The maximum absolute atomic E-state index is 9.28. The van der Waals surface area contributed by atoms with Gasteiger partial charge in [-0.2, -0.15) is 0 Å². The number of hydrogen-bond donors (Lipinski definition) is 2. The standard InChI is InChI=1S/C8H13ClN4O/c1-3-6(14)4-10-8-11-5(2)7(9)12-13-8/h6,14H,3-4H2,1-2H3,(H,10,11,13)/t6-/m1/s1. The molecule has 0 radical (unpaired) electrons. The van der Waals surface area contributed by atoms with Crippen LogP contribution in [0.3, 0.4) is 0 Å². The average Bonchev–Trinajstić information content (AvgIpc) is 2.19. The number of rotatable bonds is 4. The van der Waals surface area contributed by atoms with Crippen molar-refractivity contribution in [2.75, 3.05) is 11.9 Å². The van der Waals surface area contributed by atoms with Gasteiger partial charge in [0.1, 0.15) is 0 Å². The zero-order valence-corrected chi connectivity index (χ0v) is 8.91. The SMILES string of the molecule is CC[C@@H](O)CNc1nnc(Cl)c(C)n1. The van der Waals surface area contributed by atoms with Crippen molar-refractivity contribution in [3.05, 3.63) is 10.8 Å². The van der Waals surface area contributed by atoms with Crippen LogP contribution in [0.4, 0.5) is 5.95 Å². The Morgan fingerprint density at radius 3 is 2.79 bits per heavy atom. The number of nitrogens with one attached hydrogen (secondary N) is 1. The van der Waals surface area contributed by atoms with Crippen molar-refractivity contribution in [2.24, 2.45) is 0 Å². The summed E-state index contributed by atoms with van der Waals surface area (Å²) in [5, 5.41) is 19.9. The Morgan fingerprint density at radius 1 is 1.50 bits per heavy atom. The van der Waals surface area contributed by atoms with Crippen LogP contribution in [0.2, 0.25) is 5.15 Å². The molecule has 0 bridgehead atoms. The van der Waals surface area contributed by atoms with Crippen LogP contribution in [0.25, 0.3) is 0 Å². The van der Waals surface area contributed by atoms with E-state index < -0.39 is 6.10 Å². The predicted octanol–water partition coefficient (Wildman–Crippen LogP) is 1.02. The number of aliphatic hydroxyl groups excluding tert-OH is 1. The minimum Gasteiger partial charge on any atom is -0.391 e. The van der Waals surface area contributed by atoms with Gasteiger partial charge in [0.05, 0.1) is 11.8 Å². The lowest BCUT2D eigenvalue weighted by molar-refractivity contribution is 0.183. The third-order valence-electron chi connectivity index (χ3n) is 1.77. The fourth-order valence-electron chi connectivity index (χ4n) is 0.819. The molecule has 2 N–H and O–H groups in total. The molecule has 1 rings (SSSR count). The van der Waals surface area contributed by atoms with Crippen LogP contribution in [0, 0.1) is 6.92 Å². The molecule has 0 aliphatic carbocycles. The molecule has 0 saturated carbocycles. The molecule has 0 aliphatic rings. The molecular formula is C8H13ClN4O. The van der Waals surface area contributed by atoms with Crippen molar-refractivity contribution in [1.29, 1.82) is 0 Å². The highest BCUT2D eigenvalue weighted by Crippen LogP contribution is 2.08. The summed E-state index contributed by atoms with van der Waals surface area (Å²) < 4.78 is 0. The highest BCUT2D eigenvalue weighted by molar-refractivity contribution is 6.29. The lowest BCUT2D eigenvalue weighted by Crippen LogP contribution is -2.19. The molecule has 0 aliphatic heterocycles. The zero-order valence-electron chi connectivity index (χ0n) is 8.16. The molecule has 0 aromatic carbocycles. The predicted molar refractivity (Wildman–Crippen MR) is 54.4 cm³/mol. The smallest absolute Gasteiger partial charge is 0.243 e. The summed E-state index contributed by atoms with van der Waals surface area (Å²) in [7, 11) is 0. The maximum atomic E-state index is 9.28. The van der Waals surface area contributed by atoms with Gasteiger partial charge >= 0.3 is 0 Å². The van der Waals surface area contributed by atoms with Gasteiger partial charge in [-0.15, -0.1) is 10.2 Å². The normalized spacial score (nSPS) is 12.6. The van der Waals surface area contributed by atoms with E-state index in [0.717, 1.165) is 0 Å². The summed E-state index contributed by atoms with van der Waals surface area (Å²) >= 11 is 5.66. The minimum absolute atomic E-state index is 0.298. The van der Waals surface area contributed by atoms with Gasteiger partial charge < -0.3 is 10.4 Å². The van der Waals surface area contributed by atoms with Gasteiger partial charge in [-0.3, -0.25) is 0 Å². The first kappa shape index (κ1) is 11.1. The molecule has 0 unspecified atom stereocenters. The average molecular weight is 217 g/mol. The van der Waals surface area contributed by atoms with Gasteiger partial charge in [0, 0.05) is 6.54 Å². The zero-order chi connectivity index (χ0) is 10.6. The maximum Gasteiger partial charge on any atom is 0.243 e. The second-order valence-electron chi connectivity index (χ2n) is 2.95. The molecule has 1 atom stereocenters. The van der Waals surface area contributed by atoms with Crippen LogP contribution in [0.5, 0.6) is 0 Å². The van der Waals surface area contributed by atoms with Crippen LogP contribution in [-0.4, -0.2) is 32.9 Å². The van der Waals surface area contributed by atoms with E-state index in [1.807, 2.05) is 6.92 Å². The Labute approximate surface area is 87.5 Å². The second-order valence-corrected chi connectivity index (χ2v) is 3.31. The summed E-state index contributed by atoms with van der Waals surface area (Å²) in [6, 6.07) is 0. The monoisotopic (exact) mass is 216 g/mol.